The van der Waals surface area contributed by atoms with Gasteiger partial charge in [0.15, 0.2) is 0 Å². The number of para-hydroxylation sites is 1. The Morgan fingerprint density at radius 3 is 1.98 bits per heavy atom. The molecule has 0 fully saturated rings. The predicted molar refractivity (Wildman–Crippen MR) is 169 cm³/mol. The first-order valence-corrected chi connectivity index (χ1v) is 14.0. The first kappa shape index (κ1) is 23.0. The highest BCUT2D eigenvalue weighted by atomic mass is 15.0. The molecule has 0 bridgehead atoms. The lowest BCUT2D eigenvalue weighted by atomic mass is 9.82. The van der Waals surface area contributed by atoms with Crippen molar-refractivity contribution in [2.24, 2.45) is 0 Å². The third-order valence-electron chi connectivity index (χ3n) is 8.79. The first-order valence-electron chi connectivity index (χ1n) is 14.0. The van der Waals surface area contributed by atoms with Crippen LogP contribution in [0.25, 0.3) is 60.9 Å². The van der Waals surface area contributed by atoms with Crippen molar-refractivity contribution in [2.45, 2.75) is 19.3 Å². The van der Waals surface area contributed by atoms with Crippen LogP contribution in [-0.2, 0) is 5.41 Å². The monoisotopic (exact) mass is 511 g/mol. The van der Waals surface area contributed by atoms with Gasteiger partial charge in [0, 0.05) is 21.9 Å². The SMILES string of the molecule is CC1(C)c2ccccc2-c2c1ccc1c2c2ccccc2n1-c1cccc(-c2cccc(-c3ccccc3)c2)c1. The molecule has 0 amide bonds. The Kier molecular flexibility index (Phi) is 4.93. The smallest absolute Gasteiger partial charge is 0.0547 e. The standard InChI is InChI=1S/C39H29N/c1-39(2)33-20-8-6-18-31(33)37-34(39)22-23-36-38(37)32-19-7-9-21-35(32)40(36)30-17-11-16-29(25-30)28-15-10-14-27(24-28)26-12-4-3-5-13-26/h3-25H,1-2H3. The largest absolute Gasteiger partial charge is 0.309 e. The molecule has 1 aromatic heterocycles. The van der Waals surface area contributed by atoms with E-state index in [1.54, 1.807) is 0 Å². The Labute approximate surface area is 235 Å². The zero-order chi connectivity index (χ0) is 26.8. The molecule has 0 atom stereocenters. The molecular weight excluding hydrogens is 482 g/mol. The fraction of sp³-hybridized carbons (Fsp3) is 0.0769. The molecule has 6 aromatic carbocycles. The summed E-state index contributed by atoms with van der Waals surface area (Å²) in [6, 6.07) is 51.0. The maximum Gasteiger partial charge on any atom is 0.0547 e. The molecule has 1 heterocycles. The molecule has 0 saturated carbocycles. The molecule has 190 valence electrons. The van der Waals surface area contributed by atoms with Gasteiger partial charge in [0.25, 0.3) is 0 Å². The van der Waals surface area contributed by atoms with Crippen LogP contribution in [0.1, 0.15) is 25.0 Å². The predicted octanol–water partition coefficient (Wildman–Crippen LogP) is 10.4. The number of nitrogens with zero attached hydrogens (tertiary/aromatic N) is 1. The van der Waals surface area contributed by atoms with E-state index < -0.39 is 0 Å². The van der Waals surface area contributed by atoms with Crippen LogP contribution in [0.5, 0.6) is 0 Å². The van der Waals surface area contributed by atoms with Crippen molar-refractivity contribution in [1.82, 2.24) is 4.57 Å². The molecule has 7 aromatic rings. The fourth-order valence-corrected chi connectivity index (χ4v) is 6.86. The third kappa shape index (κ3) is 3.28. The van der Waals surface area contributed by atoms with Gasteiger partial charge in [-0.25, -0.2) is 0 Å². The molecule has 0 unspecified atom stereocenters. The van der Waals surface area contributed by atoms with Crippen LogP contribution >= 0.6 is 0 Å². The van der Waals surface area contributed by atoms with Gasteiger partial charge in [0.05, 0.1) is 11.0 Å². The maximum atomic E-state index is 2.45. The molecule has 0 aliphatic heterocycles. The fourth-order valence-electron chi connectivity index (χ4n) is 6.86. The third-order valence-corrected chi connectivity index (χ3v) is 8.79. The van der Waals surface area contributed by atoms with Crippen LogP contribution in [0.3, 0.4) is 0 Å². The van der Waals surface area contributed by atoms with Crippen molar-refractivity contribution in [1.29, 1.82) is 0 Å². The molecule has 1 aliphatic carbocycles. The number of benzene rings is 6. The second-order valence-corrected chi connectivity index (χ2v) is 11.4. The van der Waals surface area contributed by atoms with Crippen LogP contribution in [0, 0.1) is 0 Å². The average molecular weight is 512 g/mol. The summed E-state index contributed by atoms with van der Waals surface area (Å²) in [5.74, 6) is 0. The highest BCUT2D eigenvalue weighted by molar-refractivity contribution is 6.17. The number of fused-ring (bicyclic) bond motifs is 7. The van der Waals surface area contributed by atoms with Gasteiger partial charge in [0.2, 0.25) is 0 Å². The molecule has 0 radical (unpaired) electrons. The van der Waals surface area contributed by atoms with E-state index in [4.69, 9.17) is 0 Å². The van der Waals surface area contributed by atoms with E-state index >= 15 is 0 Å². The van der Waals surface area contributed by atoms with Gasteiger partial charge in [-0.15, -0.1) is 0 Å². The molecule has 0 saturated heterocycles. The Hall–Kier alpha value is -4.88. The normalized spacial score (nSPS) is 13.4. The van der Waals surface area contributed by atoms with E-state index in [1.807, 2.05) is 0 Å². The van der Waals surface area contributed by atoms with Crippen molar-refractivity contribution >= 4 is 21.8 Å². The number of aromatic nitrogens is 1. The van der Waals surface area contributed by atoms with Gasteiger partial charge >= 0.3 is 0 Å². The van der Waals surface area contributed by atoms with E-state index in [9.17, 15) is 0 Å². The van der Waals surface area contributed by atoms with Crippen LogP contribution in [0.2, 0.25) is 0 Å². The van der Waals surface area contributed by atoms with Crippen LogP contribution < -0.4 is 0 Å². The van der Waals surface area contributed by atoms with Crippen molar-refractivity contribution < 1.29 is 0 Å². The summed E-state index contributed by atoms with van der Waals surface area (Å²) in [7, 11) is 0. The van der Waals surface area contributed by atoms with Gasteiger partial charge in [-0.2, -0.15) is 0 Å². The Morgan fingerprint density at radius 1 is 0.475 bits per heavy atom. The summed E-state index contributed by atoms with van der Waals surface area (Å²) in [6.45, 7) is 4.71. The summed E-state index contributed by atoms with van der Waals surface area (Å²) >= 11 is 0. The minimum Gasteiger partial charge on any atom is -0.309 e. The molecule has 40 heavy (non-hydrogen) atoms. The van der Waals surface area contributed by atoms with Gasteiger partial charge < -0.3 is 4.57 Å². The highest BCUT2D eigenvalue weighted by Crippen LogP contribution is 2.53. The van der Waals surface area contributed by atoms with Crippen molar-refractivity contribution in [3.05, 3.63) is 151 Å². The Bertz CT molecular complexity index is 2070. The summed E-state index contributed by atoms with van der Waals surface area (Å²) in [6.07, 6.45) is 0. The van der Waals surface area contributed by atoms with Crippen molar-refractivity contribution in [2.75, 3.05) is 0 Å². The summed E-state index contributed by atoms with van der Waals surface area (Å²) < 4.78 is 2.45. The first-order chi connectivity index (χ1) is 19.6. The molecule has 0 N–H and O–H groups in total. The van der Waals surface area contributed by atoms with E-state index in [2.05, 4.69) is 158 Å². The lowest BCUT2D eigenvalue weighted by Gasteiger charge is -2.21. The Morgan fingerprint density at radius 2 is 1.12 bits per heavy atom. The van der Waals surface area contributed by atoms with Crippen molar-refractivity contribution in [3.8, 4) is 39.1 Å². The average Bonchev–Trinajstić information content (AvgIpc) is 3.47. The number of hydrogen-bond acceptors (Lipinski definition) is 0. The molecular formula is C39H29N. The van der Waals surface area contributed by atoms with Crippen LogP contribution in [0.4, 0.5) is 0 Å². The molecule has 1 nitrogen and oxygen atoms in total. The summed E-state index contributed by atoms with van der Waals surface area (Å²) in [4.78, 5) is 0. The van der Waals surface area contributed by atoms with E-state index in [0.717, 1.165) is 0 Å². The lowest BCUT2D eigenvalue weighted by molar-refractivity contribution is 0.661. The van der Waals surface area contributed by atoms with E-state index in [0.29, 0.717) is 0 Å². The second-order valence-electron chi connectivity index (χ2n) is 11.4. The van der Waals surface area contributed by atoms with Gasteiger partial charge in [-0.05, 0) is 74.8 Å². The van der Waals surface area contributed by atoms with E-state index in [-0.39, 0.29) is 5.41 Å². The van der Waals surface area contributed by atoms with Crippen molar-refractivity contribution in [3.63, 3.8) is 0 Å². The molecule has 8 rings (SSSR count). The quantitative estimate of drug-likeness (QED) is 0.222. The molecule has 0 spiro atoms. The van der Waals surface area contributed by atoms with Crippen LogP contribution in [0.15, 0.2) is 140 Å². The zero-order valence-corrected chi connectivity index (χ0v) is 22.7. The molecule has 1 heteroatoms. The van der Waals surface area contributed by atoms with Crippen LogP contribution in [-0.4, -0.2) is 4.57 Å². The van der Waals surface area contributed by atoms with Gasteiger partial charge in [-0.1, -0.05) is 123 Å². The van der Waals surface area contributed by atoms with E-state index in [1.165, 1.54) is 72.0 Å². The second kappa shape index (κ2) is 8.56. The Balaban J connectivity index is 1.36. The molecule has 1 aliphatic rings. The number of hydrogen-bond donors (Lipinski definition) is 0. The highest BCUT2D eigenvalue weighted by Gasteiger charge is 2.37. The summed E-state index contributed by atoms with van der Waals surface area (Å²) in [5.41, 5.74) is 14.1. The zero-order valence-electron chi connectivity index (χ0n) is 22.7. The maximum absolute atomic E-state index is 2.45. The topological polar surface area (TPSA) is 4.93 Å². The van der Waals surface area contributed by atoms with Gasteiger partial charge in [-0.3, -0.25) is 0 Å². The minimum atomic E-state index is -0.0208. The summed E-state index contributed by atoms with van der Waals surface area (Å²) in [5, 5.41) is 2.65. The van der Waals surface area contributed by atoms with Gasteiger partial charge in [0.1, 0.15) is 0 Å². The lowest BCUT2D eigenvalue weighted by Crippen LogP contribution is -2.14. The number of rotatable bonds is 3. The minimum absolute atomic E-state index is 0.0208.